The summed E-state index contributed by atoms with van der Waals surface area (Å²) in [7, 11) is -4.37. The van der Waals surface area contributed by atoms with E-state index in [1.54, 1.807) is 0 Å². The molecule has 0 heterocycles. The van der Waals surface area contributed by atoms with Crippen molar-refractivity contribution in [2.75, 3.05) is 26.4 Å². The number of carbonyl (C=O) groups excluding carboxylic acids is 2. The zero-order valence-electron chi connectivity index (χ0n) is 37.6. The fourth-order valence-electron chi connectivity index (χ4n) is 7.34. The first kappa shape index (κ1) is 56.0. The van der Waals surface area contributed by atoms with E-state index in [-0.39, 0.29) is 38.6 Å². The summed E-state index contributed by atoms with van der Waals surface area (Å²) in [4.78, 5) is 35.0. The highest BCUT2D eigenvalue weighted by molar-refractivity contribution is 7.47. The summed E-state index contributed by atoms with van der Waals surface area (Å²) < 4.78 is 32.9. The molecule has 0 aliphatic heterocycles. The lowest BCUT2D eigenvalue weighted by molar-refractivity contribution is -0.161. The minimum atomic E-state index is -4.37. The van der Waals surface area contributed by atoms with Crippen LogP contribution in [0, 0.1) is 0 Å². The van der Waals surface area contributed by atoms with E-state index in [1.165, 1.54) is 193 Å². The third-order valence-electron chi connectivity index (χ3n) is 11.0. The SMILES string of the molecule is CCCCCCCCCCCCCCCCCCCCCCCCC(=O)O[C@H](COC(=O)CCCCCCCCCCCCCCCC)COP(=O)(O)OCCN. The van der Waals surface area contributed by atoms with Crippen molar-refractivity contribution in [2.45, 2.75) is 264 Å². The van der Waals surface area contributed by atoms with E-state index in [2.05, 4.69) is 13.8 Å². The molecule has 9 nitrogen and oxygen atoms in total. The number of ether oxygens (including phenoxy) is 2. The number of hydrogen-bond donors (Lipinski definition) is 2. The summed E-state index contributed by atoms with van der Waals surface area (Å²) in [6.45, 7) is 3.79. The van der Waals surface area contributed by atoms with E-state index in [1.807, 2.05) is 0 Å². The molecule has 340 valence electrons. The van der Waals surface area contributed by atoms with Crippen LogP contribution >= 0.6 is 7.82 Å². The molecule has 0 aromatic rings. The first-order valence-corrected chi connectivity index (χ1v) is 26.0. The second-order valence-corrected chi connectivity index (χ2v) is 18.2. The summed E-state index contributed by atoms with van der Waals surface area (Å²) in [6.07, 6.45) is 45.7. The molecule has 1 unspecified atom stereocenters. The van der Waals surface area contributed by atoms with E-state index in [4.69, 9.17) is 24.3 Å². The molecule has 0 aliphatic rings. The Morgan fingerprint density at radius 2 is 0.754 bits per heavy atom. The highest BCUT2D eigenvalue weighted by Gasteiger charge is 2.26. The van der Waals surface area contributed by atoms with Gasteiger partial charge in [-0.2, -0.15) is 0 Å². The number of unbranched alkanes of at least 4 members (excludes halogenated alkanes) is 34. The van der Waals surface area contributed by atoms with Gasteiger partial charge in [0.1, 0.15) is 6.61 Å². The lowest BCUT2D eigenvalue weighted by Crippen LogP contribution is -2.29. The molecule has 0 saturated carbocycles. The van der Waals surface area contributed by atoms with Crippen molar-refractivity contribution in [3.05, 3.63) is 0 Å². The molecular formula is C47H94NO8P. The first-order valence-electron chi connectivity index (χ1n) is 24.5. The van der Waals surface area contributed by atoms with Crippen molar-refractivity contribution in [1.29, 1.82) is 0 Å². The molecule has 0 radical (unpaired) electrons. The molecule has 0 amide bonds. The van der Waals surface area contributed by atoms with Gasteiger partial charge in [0.15, 0.2) is 6.10 Å². The van der Waals surface area contributed by atoms with E-state index in [0.29, 0.717) is 6.42 Å². The largest absolute Gasteiger partial charge is 0.472 e. The number of carbonyl (C=O) groups is 2. The van der Waals surface area contributed by atoms with E-state index < -0.39 is 26.5 Å². The van der Waals surface area contributed by atoms with Crippen molar-refractivity contribution in [3.8, 4) is 0 Å². The summed E-state index contributed by atoms with van der Waals surface area (Å²) in [6, 6.07) is 0. The lowest BCUT2D eigenvalue weighted by Gasteiger charge is -2.19. The summed E-state index contributed by atoms with van der Waals surface area (Å²) >= 11 is 0. The topological polar surface area (TPSA) is 134 Å². The maximum absolute atomic E-state index is 12.6. The second kappa shape index (κ2) is 44.6. The molecule has 0 rings (SSSR count). The quantitative estimate of drug-likeness (QED) is 0.0349. The predicted octanol–water partition coefficient (Wildman–Crippen LogP) is 14.4. The van der Waals surface area contributed by atoms with Crippen LogP contribution in [-0.4, -0.2) is 49.3 Å². The van der Waals surface area contributed by atoms with Crippen LogP contribution in [0.5, 0.6) is 0 Å². The van der Waals surface area contributed by atoms with Gasteiger partial charge in [0, 0.05) is 19.4 Å². The molecule has 3 N–H and O–H groups in total. The molecule has 0 saturated heterocycles. The van der Waals surface area contributed by atoms with Crippen LogP contribution in [0.25, 0.3) is 0 Å². The molecule has 10 heteroatoms. The molecule has 57 heavy (non-hydrogen) atoms. The molecule has 2 atom stereocenters. The van der Waals surface area contributed by atoms with Gasteiger partial charge in [0.05, 0.1) is 13.2 Å². The second-order valence-electron chi connectivity index (χ2n) is 16.7. The van der Waals surface area contributed by atoms with Gasteiger partial charge < -0.3 is 20.1 Å². The van der Waals surface area contributed by atoms with E-state index >= 15 is 0 Å². The number of rotatable bonds is 47. The average molecular weight is 832 g/mol. The number of phosphoric ester groups is 1. The van der Waals surface area contributed by atoms with Gasteiger partial charge in [-0.25, -0.2) is 4.57 Å². The molecule has 0 fully saturated rings. The Kier molecular flexibility index (Phi) is 43.8. The first-order chi connectivity index (χ1) is 27.8. The van der Waals surface area contributed by atoms with Crippen LogP contribution in [0.3, 0.4) is 0 Å². The van der Waals surface area contributed by atoms with Crippen LogP contribution in [0.15, 0.2) is 0 Å². The Bertz CT molecular complexity index is 907. The Balaban J connectivity index is 3.99. The highest BCUT2D eigenvalue weighted by atomic mass is 31.2. The molecule has 0 aromatic heterocycles. The number of esters is 2. The third-order valence-corrected chi connectivity index (χ3v) is 12.0. The predicted molar refractivity (Wildman–Crippen MR) is 238 cm³/mol. The minimum Gasteiger partial charge on any atom is -0.462 e. The minimum absolute atomic E-state index is 0.0583. The molecule has 0 spiro atoms. The fourth-order valence-corrected chi connectivity index (χ4v) is 8.11. The number of phosphoric acid groups is 1. The summed E-state index contributed by atoms with van der Waals surface area (Å²) in [5.74, 6) is -0.809. The van der Waals surface area contributed by atoms with Gasteiger partial charge in [0.25, 0.3) is 0 Å². The van der Waals surface area contributed by atoms with Gasteiger partial charge in [-0.3, -0.25) is 18.6 Å². The maximum atomic E-state index is 12.6. The van der Waals surface area contributed by atoms with Crippen molar-refractivity contribution < 1.29 is 37.6 Å². The van der Waals surface area contributed by atoms with Gasteiger partial charge in [-0.15, -0.1) is 0 Å². The zero-order chi connectivity index (χ0) is 41.8. The van der Waals surface area contributed by atoms with Crippen molar-refractivity contribution in [1.82, 2.24) is 0 Å². The van der Waals surface area contributed by atoms with Crippen LogP contribution in [-0.2, 0) is 32.7 Å². The number of hydrogen-bond acceptors (Lipinski definition) is 8. The smallest absolute Gasteiger partial charge is 0.462 e. The van der Waals surface area contributed by atoms with Crippen LogP contribution in [0.1, 0.15) is 258 Å². The molecule has 0 bridgehead atoms. The van der Waals surface area contributed by atoms with Gasteiger partial charge in [-0.05, 0) is 12.8 Å². The molecular weight excluding hydrogens is 737 g/mol. The standard InChI is InChI=1S/C47H94NO8P/c1-3-5-7-9-11-13-15-17-19-20-21-22-23-24-25-26-28-30-32-34-36-38-40-47(50)56-45(44-55-57(51,52)54-42-41-48)43-53-46(49)39-37-35-33-31-29-27-18-16-14-12-10-8-6-4-2/h45H,3-44,48H2,1-2H3,(H,51,52)/t45-/m1/s1. The normalized spacial score (nSPS) is 13.1. The monoisotopic (exact) mass is 832 g/mol. The van der Waals surface area contributed by atoms with Crippen LogP contribution in [0.4, 0.5) is 0 Å². The van der Waals surface area contributed by atoms with Crippen LogP contribution < -0.4 is 5.73 Å². The summed E-state index contributed by atoms with van der Waals surface area (Å²) in [5.41, 5.74) is 5.36. The Labute approximate surface area is 352 Å². The summed E-state index contributed by atoms with van der Waals surface area (Å²) in [5, 5.41) is 0. The van der Waals surface area contributed by atoms with Gasteiger partial charge >= 0.3 is 19.8 Å². The number of nitrogens with two attached hydrogens (primary N) is 1. The fraction of sp³-hybridized carbons (Fsp3) is 0.957. The third kappa shape index (κ3) is 44.4. The Morgan fingerprint density at radius 3 is 1.07 bits per heavy atom. The highest BCUT2D eigenvalue weighted by Crippen LogP contribution is 2.43. The molecule has 0 aromatic carbocycles. The van der Waals surface area contributed by atoms with Crippen LogP contribution in [0.2, 0.25) is 0 Å². The van der Waals surface area contributed by atoms with E-state index in [9.17, 15) is 19.0 Å². The average Bonchev–Trinajstić information content (AvgIpc) is 3.20. The van der Waals surface area contributed by atoms with Crippen molar-refractivity contribution >= 4 is 19.8 Å². The zero-order valence-corrected chi connectivity index (χ0v) is 38.5. The molecule has 0 aliphatic carbocycles. The van der Waals surface area contributed by atoms with Gasteiger partial charge in [-0.1, -0.05) is 232 Å². The Hall–Kier alpha value is -0.990. The lowest BCUT2D eigenvalue weighted by atomic mass is 10.0. The van der Waals surface area contributed by atoms with Crippen molar-refractivity contribution in [2.24, 2.45) is 5.73 Å². The van der Waals surface area contributed by atoms with Gasteiger partial charge in [0.2, 0.25) is 0 Å². The van der Waals surface area contributed by atoms with Crippen molar-refractivity contribution in [3.63, 3.8) is 0 Å². The maximum Gasteiger partial charge on any atom is 0.472 e. The Morgan fingerprint density at radius 1 is 0.456 bits per heavy atom. The van der Waals surface area contributed by atoms with E-state index in [0.717, 1.165) is 32.1 Å².